The maximum atomic E-state index is 13.5. The Balaban J connectivity index is 1.74. The van der Waals surface area contributed by atoms with Crippen molar-refractivity contribution in [1.29, 1.82) is 0 Å². The van der Waals surface area contributed by atoms with Gasteiger partial charge in [0.1, 0.15) is 16.4 Å². The summed E-state index contributed by atoms with van der Waals surface area (Å²) in [5.41, 5.74) is 3.76. The molecule has 0 saturated heterocycles. The number of benzene rings is 3. The molecular formula is C26H24N2O3S. The Labute approximate surface area is 192 Å². The number of carbonyl (C=O) groups excluding carboxylic acids is 2. The van der Waals surface area contributed by atoms with Crippen molar-refractivity contribution >= 4 is 35.0 Å². The van der Waals surface area contributed by atoms with E-state index in [4.69, 9.17) is 4.74 Å². The van der Waals surface area contributed by atoms with Gasteiger partial charge in [0.25, 0.3) is 11.8 Å². The van der Waals surface area contributed by atoms with Gasteiger partial charge in [-0.05, 0) is 55.3 Å². The summed E-state index contributed by atoms with van der Waals surface area (Å²) in [5.74, 6) is -0.325. The van der Waals surface area contributed by atoms with Crippen LogP contribution in [0.15, 0.2) is 88.3 Å². The van der Waals surface area contributed by atoms with Gasteiger partial charge in [0.15, 0.2) is 0 Å². The summed E-state index contributed by atoms with van der Waals surface area (Å²) in [6.45, 7) is 4.10. The number of carbonyl (C=O) groups is 2. The quantitative estimate of drug-likeness (QED) is 0.484. The number of methoxy groups -OCH3 is 1. The molecule has 3 aromatic rings. The molecule has 1 aliphatic rings. The molecule has 0 atom stereocenters. The first-order chi connectivity index (χ1) is 15.5. The van der Waals surface area contributed by atoms with Gasteiger partial charge in [-0.25, -0.2) is 4.90 Å². The summed E-state index contributed by atoms with van der Waals surface area (Å²) < 4.78 is 5.41. The second-order valence-electron chi connectivity index (χ2n) is 7.41. The van der Waals surface area contributed by atoms with Crippen molar-refractivity contribution in [2.75, 3.05) is 17.3 Å². The summed E-state index contributed by atoms with van der Waals surface area (Å²) in [6, 6.07) is 22.7. The molecule has 6 heteroatoms. The van der Waals surface area contributed by atoms with Gasteiger partial charge in [0, 0.05) is 10.6 Å². The summed E-state index contributed by atoms with van der Waals surface area (Å²) in [4.78, 5) is 29.4. The van der Waals surface area contributed by atoms with Gasteiger partial charge in [0.2, 0.25) is 0 Å². The Kier molecular flexibility index (Phi) is 6.32. The van der Waals surface area contributed by atoms with Gasteiger partial charge in [-0.15, -0.1) is 0 Å². The number of nitrogens with zero attached hydrogens (tertiary/aromatic N) is 1. The number of nitrogens with one attached hydrogen (secondary N) is 1. The predicted molar refractivity (Wildman–Crippen MR) is 129 cm³/mol. The van der Waals surface area contributed by atoms with Crippen LogP contribution in [0.1, 0.15) is 18.1 Å². The zero-order chi connectivity index (χ0) is 22.7. The van der Waals surface area contributed by atoms with E-state index in [0.29, 0.717) is 16.3 Å². The highest BCUT2D eigenvalue weighted by Crippen LogP contribution is 2.40. The molecule has 0 radical (unpaired) electrons. The Morgan fingerprint density at radius 2 is 1.59 bits per heavy atom. The molecule has 3 aromatic carbocycles. The van der Waals surface area contributed by atoms with Crippen LogP contribution in [0.5, 0.6) is 5.75 Å². The fourth-order valence-electron chi connectivity index (χ4n) is 3.44. The van der Waals surface area contributed by atoms with E-state index in [2.05, 4.69) is 12.2 Å². The molecule has 0 aliphatic carbocycles. The molecule has 1 heterocycles. The first-order valence-electron chi connectivity index (χ1n) is 10.4. The summed E-state index contributed by atoms with van der Waals surface area (Å²) in [7, 11) is 1.52. The van der Waals surface area contributed by atoms with Crippen molar-refractivity contribution in [2.45, 2.75) is 25.2 Å². The van der Waals surface area contributed by atoms with Crippen molar-refractivity contribution in [3.63, 3.8) is 0 Å². The zero-order valence-electron chi connectivity index (χ0n) is 18.2. The molecule has 1 N–H and O–H groups in total. The molecule has 0 bridgehead atoms. The van der Waals surface area contributed by atoms with Gasteiger partial charge in [-0.1, -0.05) is 60.6 Å². The van der Waals surface area contributed by atoms with Crippen LogP contribution in [0.4, 0.5) is 11.4 Å². The Morgan fingerprint density at radius 1 is 0.906 bits per heavy atom. The van der Waals surface area contributed by atoms with Gasteiger partial charge in [0.05, 0.1) is 12.8 Å². The third-order valence-corrected chi connectivity index (χ3v) is 6.33. The average molecular weight is 445 g/mol. The molecule has 0 unspecified atom stereocenters. The summed E-state index contributed by atoms with van der Waals surface area (Å²) >= 11 is 1.28. The molecule has 1 aliphatic heterocycles. The normalized spacial score (nSPS) is 13.7. The van der Waals surface area contributed by atoms with Crippen LogP contribution >= 0.6 is 11.8 Å². The van der Waals surface area contributed by atoms with Crippen molar-refractivity contribution in [3.05, 3.63) is 94.5 Å². The van der Waals surface area contributed by atoms with Crippen molar-refractivity contribution in [1.82, 2.24) is 0 Å². The van der Waals surface area contributed by atoms with Crippen molar-refractivity contribution in [3.8, 4) is 5.75 Å². The molecule has 0 saturated carbocycles. The zero-order valence-corrected chi connectivity index (χ0v) is 19.0. The largest absolute Gasteiger partial charge is 0.495 e. The molecule has 2 amide bonds. The van der Waals surface area contributed by atoms with Crippen LogP contribution in [-0.4, -0.2) is 18.9 Å². The van der Waals surface area contributed by atoms with Crippen LogP contribution in [0, 0.1) is 6.92 Å². The monoisotopic (exact) mass is 444 g/mol. The Morgan fingerprint density at radius 3 is 2.25 bits per heavy atom. The number of imide groups is 1. The van der Waals surface area contributed by atoms with E-state index in [9.17, 15) is 9.59 Å². The predicted octanol–water partition coefficient (Wildman–Crippen LogP) is 5.56. The van der Waals surface area contributed by atoms with E-state index in [1.54, 1.807) is 24.3 Å². The lowest BCUT2D eigenvalue weighted by atomic mass is 10.1. The molecule has 0 spiro atoms. The number of amides is 2. The number of rotatable bonds is 7. The Bertz CT molecular complexity index is 1180. The standard InChI is InChI=1S/C26H24N2O3S/c1-4-18-11-13-19(14-12-18)27-23-24(32-20-15-9-17(2)10-16-20)26(30)28(25(23)29)21-7-5-6-8-22(21)31-3/h5-16,27H,4H2,1-3H3. The minimum atomic E-state index is -0.409. The maximum absolute atomic E-state index is 13.5. The minimum Gasteiger partial charge on any atom is -0.495 e. The fourth-order valence-corrected chi connectivity index (χ4v) is 4.37. The number of hydrogen-bond acceptors (Lipinski definition) is 5. The molecule has 32 heavy (non-hydrogen) atoms. The smallest absolute Gasteiger partial charge is 0.283 e. The third-order valence-electron chi connectivity index (χ3n) is 5.24. The number of aryl methyl sites for hydroxylation is 2. The minimum absolute atomic E-state index is 0.260. The maximum Gasteiger partial charge on any atom is 0.283 e. The second kappa shape index (κ2) is 9.32. The van der Waals surface area contributed by atoms with E-state index in [0.717, 1.165) is 22.6 Å². The topological polar surface area (TPSA) is 58.6 Å². The van der Waals surface area contributed by atoms with E-state index < -0.39 is 5.91 Å². The lowest BCUT2D eigenvalue weighted by Crippen LogP contribution is -2.32. The van der Waals surface area contributed by atoms with E-state index in [-0.39, 0.29) is 11.6 Å². The molecule has 162 valence electrons. The van der Waals surface area contributed by atoms with E-state index in [1.807, 2.05) is 55.5 Å². The Hall–Kier alpha value is -3.51. The lowest BCUT2D eigenvalue weighted by molar-refractivity contribution is -0.120. The number of thioether (sulfide) groups is 1. The third kappa shape index (κ3) is 4.27. The second-order valence-corrected chi connectivity index (χ2v) is 8.50. The molecule has 0 aromatic heterocycles. The number of para-hydroxylation sites is 2. The highest BCUT2D eigenvalue weighted by molar-refractivity contribution is 8.04. The average Bonchev–Trinajstić information content (AvgIpc) is 3.04. The highest BCUT2D eigenvalue weighted by Gasteiger charge is 2.41. The molecular weight excluding hydrogens is 420 g/mol. The molecule has 4 rings (SSSR count). The van der Waals surface area contributed by atoms with Crippen molar-refractivity contribution < 1.29 is 14.3 Å². The van der Waals surface area contributed by atoms with Crippen LogP contribution in [0.25, 0.3) is 0 Å². The van der Waals surface area contributed by atoms with Gasteiger partial charge >= 0.3 is 0 Å². The van der Waals surface area contributed by atoms with Crippen LogP contribution < -0.4 is 15.0 Å². The fraction of sp³-hybridized carbons (Fsp3) is 0.154. The SMILES string of the molecule is CCc1ccc(NC2=C(Sc3ccc(C)cc3)C(=O)N(c3ccccc3OC)C2=O)cc1. The van der Waals surface area contributed by atoms with Crippen LogP contribution in [0.2, 0.25) is 0 Å². The lowest BCUT2D eigenvalue weighted by Gasteiger charge is -2.18. The summed E-state index contributed by atoms with van der Waals surface area (Å²) in [5, 5.41) is 3.20. The van der Waals surface area contributed by atoms with Crippen LogP contribution in [-0.2, 0) is 16.0 Å². The molecule has 0 fully saturated rings. The van der Waals surface area contributed by atoms with E-state index >= 15 is 0 Å². The van der Waals surface area contributed by atoms with Gasteiger partial charge in [-0.3, -0.25) is 9.59 Å². The van der Waals surface area contributed by atoms with E-state index in [1.165, 1.54) is 29.3 Å². The first kappa shape index (κ1) is 21.7. The highest BCUT2D eigenvalue weighted by atomic mass is 32.2. The van der Waals surface area contributed by atoms with Crippen LogP contribution in [0.3, 0.4) is 0 Å². The number of hydrogen-bond donors (Lipinski definition) is 1. The number of anilines is 2. The molecule has 5 nitrogen and oxygen atoms in total. The van der Waals surface area contributed by atoms with Gasteiger partial charge < -0.3 is 10.1 Å². The number of ether oxygens (including phenoxy) is 1. The first-order valence-corrected chi connectivity index (χ1v) is 11.2. The summed E-state index contributed by atoms with van der Waals surface area (Å²) in [6.07, 6.45) is 0.927. The van der Waals surface area contributed by atoms with Gasteiger partial charge in [-0.2, -0.15) is 0 Å². The van der Waals surface area contributed by atoms with Crippen molar-refractivity contribution in [2.24, 2.45) is 0 Å².